The summed E-state index contributed by atoms with van der Waals surface area (Å²) < 4.78 is 29.5. The van der Waals surface area contributed by atoms with E-state index in [1.807, 2.05) is 18.2 Å². The number of ether oxygens (including phenoxy) is 1. The fourth-order valence-corrected chi connectivity index (χ4v) is 4.09. The van der Waals surface area contributed by atoms with Crippen molar-refractivity contribution in [3.63, 3.8) is 0 Å². The summed E-state index contributed by atoms with van der Waals surface area (Å²) in [5, 5.41) is 4.76. The minimum absolute atomic E-state index is 0.0725. The number of fused-ring (bicyclic) bond motifs is 1. The molecule has 0 aliphatic carbocycles. The molecular formula is C19H21ClN6O3S. The highest BCUT2D eigenvalue weighted by atomic mass is 35.5. The molecule has 1 saturated heterocycles. The Balaban J connectivity index is 1.80. The summed E-state index contributed by atoms with van der Waals surface area (Å²) in [6, 6.07) is 5.60. The predicted molar refractivity (Wildman–Crippen MR) is 117 cm³/mol. The maximum Gasteiger partial charge on any atom is 0.217 e. The van der Waals surface area contributed by atoms with E-state index in [1.165, 1.54) is 7.11 Å². The van der Waals surface area contributed by atoms with Crippen LogP contribution in [0.5, 0.6) is 5.88 Å². The molecule has 0 radical (unpaired) electrons. The third kappa shape index (κ3) is 4.31. The van der Waals surface area contributed by atoms with Crippen LogP contribution in [0.2, 0.25) is 5.02 Å². The van der Waals surface area contributed by atoms with Gasteiger partial charge < -0.3 is 15.0 Å². The molecule has 11 heteroatoms. The number of halogens is 1. The number of pyridine rings is 1. The third-order valence-electron chi connectivity index (χ3n) is 4.95. The fraction of sp³-hybridized carbons (Fsp3) is 0.316. The summed E-state index contributed by atoms with van der Waals surface area (Å²) >= 11 is 6.57. The molecule has 4 rings (SSSR count). The van der Waals surface area contributed by atoms with Gasteiger partial charge in [0.1, 0.15) is 12.1 Å². The van der Waals surface area contributed by atoms with Crippen molar-refractivity contribution in [1.29, 1.82) is 0 Å². The summed E-state index contributed by atoms with van der Waals surface area (Å²) in [5.41, 5.74) is 2.88. The fourth-order valence-electron chi connectivity index (χ4n) is 3.52. The zero-order chi connectivity index (χ0) is 21.1. The van der Waals surface area contributed by atoms with Crippen molar-refractivity contribution < 1.29 is 13.2 Å². The monoisotopic (exact) mass is 448 g/mol. The van der Waals surface area contributed by atoms with Crippen LogP contribution in [0.15, 0.2) is 30.7 Å². The minimum Gasteiger partial charge on any atom is -0.481 e. The van der Waals surface area contributed by atoms with Gasteiger partial charge >= 0.3 is 0 Å². The number of nitrogens with zero attached hydrogens (tertiary/aromatic N) is 4. The van der Waals surface area contributed by atoms with E-state index in [0.717, 1.165) is 54.0 Å². The van der Waals surface area contributed by atoms with Crippen LogP contribution in [-0.4, -0.2) is 56.7 Å². The lowest BCUT2D eigenvalue weighted by Crippen LogP contribution is -2.44. The molecule has 2 aromatic heterocycles. The molecule has 1 aliphatic heterocycles. The first-order chi connectivity index (χ1) is 14.6. The maximum absolute atomic E-state index is 10.9. The Morgan fingerprint density at radius 2 is 2.00 bits per heavy atom. The smallest absolute Gasteiger partial charge is 0.217 e. The molecule has 30 heavy (non-hydrogen) atoms. The predicted octanol–water partition coefficient (Wildman–Crippen LogP) is 1.38. The first-order valence-corrected chi connectivity index (χ1v) is 10.9. The molecule has 1 aromatic carbocycles. The van der Waals surface area contributed by atoms with E-state index in [9.17, 15) is 8.42 Å². The van der Waals surface area contributed by atoms with Gasteiger partial charge in [-0.1, -0.05) is 11.6 Å². The molecule has 0 spiro atoms. The average molecular weight is 449 g/mol. The lowest BCUT2D eigenvalue weighted by Gasteiger charge is -2.29. The van der Waals surface area contributed by atoms with Crippen LogP contribution >= 0.6 is 11.6 Å². The van der Waals surface area contributed by atoms with Crippen molar-refractivity contribution in [1.82, 2.24) is 25.0 Å². The van der Waals surface area contributed by atoms with Crippen molar-refractivity contribution in [3.05, 3.63) is 41.3 Å². The largest absolute Gasteiger partial charge is 0.481 e. The molecule has 0 atom stereocenters. The molecule has 1 fully saturated rings. The Morgan fingerprint density at radius 1 is 1.20 bits per heavy atom. The van der Waals surface area contributed by atoms with E-state index in [-0.39, 0.29) is 6.54 Å². The third-order valence-corrected chi connectivity index (χ3v) is 5.68. The van der Waals surface area contributed by atoms with Gasteiger partial charge in [0.05, 0.1) is 17.6 Å². The van der Waals surface area contributed by atoms with Gasteiger partial charge in [-0.15, -0.1) is 0 Å². The standard InChI is InChI=1S/C19H21ClN6O3S/c1-29-19-13(10-25-30(27)28)6-12(9-22-19)14-7-15-17(8-16(14)20)23-11-24-18(15)26-4-2-21-3-5-26/h6-9,11,21,30H,2-5,10H2,1H3,(H,25,27,28). The molecule has 158 valence electrons. The number of aromatic nitrogens is 3. The lowest BCUT2D eigenvalue weighted by atomic mass is 10.0. The molecule has 1 aliphatic rings. The van der Waals surface area contributed by atoms with Crippen LogP contribution in [0.1, 0.15) is 5.56 Å². The zero-order valence-electron chi connectivity index (χ0n) is 16.3. The van der Waals surface area contributed by atoms with Crippen LogP contribution < -0.4 is 19.7 Å². The highest BCUT2D eigenvalue weighted by Crippen LogP contribution is 2.35. The molecule has 3 heterocycles. The van der Waals surface area contributed by atoms with E-state index in [1.54, 1.807) is 12.5 Å². The van der Waals surface area contributed by atoms with Crippen molar-refractivity contribution >= 4 is 39.2 Å². The first kappa shape index (κ1) is 20.7. The Labute approximate surface area is 180 Å². The number of rotatable bonds is 6. The van der Waals surface area contributed by atoms with Crippen LogP contribution in [0.3, 0.4) is 0 Å². The first-order valence-electron chi connectivity index (χ1n) is 9.38. The van der Waals surface area contributed by atoms with Gasteiger partial charge in [-0.05, 0) is 18.2 Å². The summed E-state index contributed by atoms with van der Waals surface area (Å²) in [6.07, 6.45) is 3.21. The molecule has 0 unspecified atom stereocenters. The molecule has 3 aromatic rings. The van der Waals surface area contributed by atoms with Gasteiger partial charge in [0.15, 0.2) is 0 Å². The number of anilines is 1. The van der Waals surface area contributed by atoms with Gasteiger partial charge in [-0.3, -0.25) is 0 Å². The number of hydrogen-bond donors (Lipinski definition) is 3. The summed E-state index contributed by atoms with van der Waals surface area (Å²) in [5.74, 6) is 1.22. The Bertz CT molecular complexity index is 1140. The molecule has 0 bridgehead atoms. The maximum atomic E-state index is 10.9. The Hall–Kier alpha value is -2.53. The minimum atomic E-state index is -2.73. The summed E-state index contributed by atoms with van der Waals surface area (Å²) in [6.45, 7) is 3.58. The van der Waals surface area contributed by atoms with E-state index < -0.39 is 10.9 Å². The van der Waals surface area contributed by atoms with Crippen LogP contribution in [0.25, 0.3) is 22.0 Å². The lowest BCUT2D eigenvalue weighted by molar-refractivity contribution is 0.392. The average Bonchev–Trinajstić information content (AvgIpc) is 2.77. The van der Waals surface area contributed by atoms with E-state index >= 15 is 0 Å². The molecule has 9 nitrogen and oxygen atoms in total. The van der Waals surface area contributed by atoms with Gasteiger partial charge in [0.2, 0.25) is 16.8 Å². The molecule has 0 saturated carbocycles. The van der Waals surface area contributed by atoms with E-state index in [4.69, 9.17) is 16.3 Å². The quantitative estimate of drug-likeness (QED) is 0.485. The number of thiol groups is 1. The Morgan fingerprint density at radius 3 is 2.73 bits per heavy atom. The van der Waals surface area contributed by atoms with Crippen molar-refractivity contribution in [3.8, 4) is 17.0 Å². The van der Waals surface area contributed by atoms with Crippen molar-refractivity contribution in [2.24, 2.45) is 0 Å². The van der Waals surface area contributed by atoms with Crippen molar-refractivity contribution in [2.45, 2.75) is 6.54 Å². The second-order valence-corrected chi connectivity index (χ2v) is 8.01. The zero-order valence-corrected chi connectivity index (χ0v) is 17.9. The molecule has 0 amide bonds. The van der Waals surface area contributed by atoms with Crippen LogP contribution in [0, 0.1) is 0 Å². The van der Waals surface area contributed by atoms with Gasteiger partial charge in [-0.25, -0.2) is 28.1 Å². The van der Waals surface area contributed by atoms with E-state index in [2.05, 4.69) is 29.9 Å². The number of benzene rings is 1. The van der Waals surface area contributed by atoms with Crippen LogP contribution in [-0.2, 0) is 17.4 Å². The van der Waals surface area contributed by atoms with E-state index in [0.29, 0.717) is 16.5 Å². The van der Waals surface area contributed by atoms with Gasteiger partial charge in [0, 0.05) is 61.0 Å². The SMILES string of the molecule is COc1ncc(-c2cc3c(N4CCNCC4)ncnc3cc2Cl)cc1CN[SH](=O)=O. The highest BCUT2D eigenvalue weighted by molar-refractivity contribution is 7.70. The number of methoxy groups -OCH3 is 1. The second kappa shape index (κ2) is 9.09. The summed E-state index contributed by atoms with van der Waals surface area (Å²) in [7, 11) is -1.24. The van der Waals surface area contributed by atoms with Gasteiger partial charge in [-0.2, -0.15) is 0 Å². The van der Waals surface area contributed by atoms with Crippen LogP contribution in [0.4, 0.5) is 5.82 Å². The normalized spacial score (nSPS) is 14.4. The second-order valence-electron chi connectivity index (χ2n) is 6.77. The Kier molecular flexibility index (Phi) is 6.28. The number of nitrogens with one attached hydrogen (secondary N) is 2. The molecular weight excluding hydrogens is 428 g/mol. The topological polar surface area (TPSA) is 109 Å². The van der Waals surface area contributed by atoms with Crippen molar-refractivity contribution in [2.75, 3.05) is 38.2 Å². The molecule has 2 N–H and O–H groups in total. The van der Waals surface area contributed by atoms with Gasteiger partial charge in [0.25, 0.3) is 0 Å². The number of hydrogen-bond acceptors (Lipinski definition) is 8. The highest BCUT2D eigenvalue weighted by Gasteiger charge is 2.18. The summed E-state index contributed by atoms with van der Waals surface area (Å²) in [4.78, 5) is 15.4. The number of piperazine rings is 1.